The molecule has 2 aliphatic rings. The number of hydrogen-bond acceptors (Lipinski definition) is 7. The monoisotopic (exact) mass is 743 g/mol. The number of fused-ring (bicyclic) bond motifs is 2. The van der Waals surface area contributed by atoms with Gasteiger partial charge in [0.25, 0.3) is 0 Å². The maximum Gasteiger partial charge on any atom is 0.238 e. The third kappa shape index (κ3) is 6.68. The Morgan fingerprint density at radius 1 is 1.08 bits per heavy atom. The molecule has 2 unspecified atom stereocenters. The lowest BCUT2D eigenvalue weighted by Crippen LogP contribution is -2.19. The summed E-state index contributed by atoms with van der Waals surface area (Å²) in [5, 5.41) is 15.9. The summed E-state index contributed by atoms with van der Waals surface area (Å²) >= 11 is 13.7. The molecule has 5 aromatic rings. The van der Waals surface area contributed by atoms with Crippen molar-refractivity contribution in [2.75, 3.05) is 18.6 Å². The van der Waals surface area contributed by atoms with Crippen LogP contribution >= 0.6 is 23.2 Å². The number of rotatable bonds is 9. The quantitative estimate of drug-likeness (QED) is 0.118. The van der Waals surface area contributed by atoms with Gasteiger partial charge < -0.3 is 24.4 Å². The number of carbonyl (C=O) groups is 1. The van der Waals surface area contributed by atoms with Crippen LogP contribution in [0.25, 0.3) is 33.3 Å². The molecule has 10 nitrogen and oxygen atoms in total. The van der Waals surface area contributed by atoms with E-state index in [1.807, 2.05) is 11.7 Å². The van der Waals surface area contributed by atoms with Crippen LogP contribution in [0.15, 0.2) is 63.4 Å². The lowest BCUT2D eigenvalue weighted by atomic mass is 9.94. The Kier molecular flexibility index (Phi) is 11.0. The number of halogens is 2. The number of allylic oxidation sites excluding steroid dienone is 2. The smallest absolute Gasteiger partial charge is 0.238 e. The highest BCUT2D eigenvalue weighted by molar-refractivity contribution is 6.35. The summed E-state index contributed by atoms with van der Waals surface area (Å²) in [5.41, 5.74) is 18.0. The van der Waals surface area contributed by atoms with Crippen LogP contribution in [0.1, 0.15) is 81.0 Å². The fourth-order valence-corrected chi connectivity index (χ4v) is 8.42. The van der Waals surface area contributed by atoms with E-state index in [-0.39, 0.29) is 24.6 Å². The van der Waals surface area contributed by atoms with E-state index in [0.717, 1.165) is 69.3 Å². The molecule has 1 amide bonds. The maximum absolute atomic E-state index is 8.58. The second-order valence-corrected chi connectivity index (χ2v) is 14.8. The van der Waals surface area contributed by atoms with Crippen molar-refractivity contribution in [1.82, 2.24) is 24.5 Å². The highest BCUT2D eigenvalue weighted by atomic mass is 35.5. The number of anilines is 1. The first-order chi connectivity index (χ1) is 24.9. The van der Waals surface area contributed by atoms with Crippen molar-refractivity contribution in [2.24, 2.45) is 12.8 Å². The van der Waals surface area contributed by atoms with E-state index in [2.05, 4.69) is 110 Å². The third-order valence-electron chi connectivity index (χ3n) is 10.4. The van der Waals surface area contributed by atoms with E-state index in [1.165, 1.54) is 45.4 Å². The van der Waals surface area contributed by atoms with Gasteiger partial charge in [-0.1, -0.05) is 53.1 Å². The van der Waals surface area contributed by atoms with Gasteiger partial charge in [0.05, 0.1) is 28.0 Å². The molecule has 2 aromatic carbocycles. The molecule has 1 aliphatic heterocycles. The van der Waals surface area contributed by atoms with Gasteiger partial charge in [0, 0.05) is 71.7 Å². The van der Waals surface area contributed by atoms with Crippen LogP contribution in [0.5, 0.6) is 0 Å². The number of carbonyl (C=O) groups excluding carboxylic acids is 1. The number of ether oxygens (including phenoxy) is 1. The second-order valence-electron chi connectivity index (χ2n) is 14.0. The molecule has 12 heteroatoms. The van der Waals surface area contributed by atoms with Crippen LogP contribution in [0.2, 0.25) is 5.02 Å². The average Bonchev–Trinajstić information content (AvgIpc) is 3.87. The molecular formula is C40H47Cl2N7O3. The zero-order chi connectivity index (χ0) is 37.4. The van der Waals surface area contributed by atoms with Crippen LogP contribution in [0.4, 0.5) is 5.69 Å². The number of likely N-dealkylation sites (N-methyl/N-ethyl adjacent to an activating group) is 1. The molecule has 4 heterocycles. The third-order valence-corrected chi connectivity index (χ3v) is 11.3. The number of aryl methyl sites for hydroxylation is 3. The molecule has 52 heavy (non-hydrogen) atoms. The van der Waals surface area contributed by atoms with Gasteiger partial charge in [0.2, 0.25) is 18.7 Å². The fraction of sp³-hybridized carbons (Fsp3) is 0.400. The van der Waals surface area contributed by atoms with Gasteiger partial charge in [-0.05, 0) is 89.6 Å². The van der Waals surface area contributed by atoms with Crippen molar-refractivity contribution in [3.8, 4) is 22.4 Å². The minimum Gasteiger partial charge on any atom is -0.426 e. The number of amides is 1. The van der Waals surface area contributed by atoms with E-state index in [9.17, 15) is 0 Å². The largest absolute Gasteiger partial charge is 0.426 e. The van der Waals surface area contributed by atoms with Crippen LogP contribution in [0.3, 0.4) is 0 Å². The molecule has 0 saturated carbocycles. The Bertz CT molecular complexity index is 2180. The standard InChI is InChI=1S/C39H44Cl2N6O2.CH3NO/c1-21(2)47-37(28-11-9-13-32-30(28)19-33(45(32)7)39-43-42-20-49-39)27(12-10-16-48-26-17-22(3)36(41)23(4)18-26)29-14-15-31(40)35(38(29)47)34-24(5)44-46(8)25(34)6;2-1-3/h9,11,13-15,17,20-21,26,33H,10,12,16,18-19H2,1-8H3;1H,(H2,2,3). The molecule has 274 valence electrons. The van der Waals surface area contributed by atoms with Crippen molar-refractivity contribution in [3.63, 3.8) is 0 Å². The molecule has 0 fully saturated rings. The summed E-state index contributed by atoms with van der Waals surface area (Å²) in [6.07, 6.45) is 7.15. The number of primary amides is 1. The van der Waals surface area contributed by atoms with Gasteiger partial charge in [0.15, 0.2) is 0 Å². The van der Waals surface area contributed by atoms with Gasteiger partial charge in [-0.15, -0.1) is 10.2 Å². The summed E-state index contributed by atoms with van der Waals surface area (Å²) < 4.78 is 16.6. The van der Waals surface area contributed by atoms with Gasteiger partial charge in [-0.25, -0.2) is 0 Å². The van der Waals surface area contributed by atoms with Crippen molar-refractivity contribution in [3.05, 3.63) is 92.4 Å². The van der Waals surface area contributed by atoms with Crippen LogP contribution < -0.4 is 10.6 Å². The van der Waals surface area contributed by atoms with Crippen molar-refractivity contribution < 1.29 is 13.9 Å². The summed E-state index contributed by atoms with van der Waals surface area (Å²) in [6.45, 7) is 13.5. The number of benzene rings is 2. The highest BCUT2D eigenvalue weighted by Crippen LogP contribution is 2.49. The lowest BCUT2D eigenvalue weighted by Gasteiger charge is -2.22. The molecule has 0 bridgehead atoms. The van der Waals surface area contributed by atoms with Gasteiger partial charge in [-0.2, -0.15) is 5.10 Å². The Hall–Kier alpha value is -4.38. The first-order valence-electron chi connectivity index (χ1n) is 17.7. The van der Waals surface area contributed by atoms with E-state index in [4.69, 9.17) is 42.2 Å². The van der Waals surface area contributed by atoms with Crippen molar-refractivity contribution in [2.45, 2.75) is 85.4 Å². The Morgan fingerprint density at radius 3 is 2.46 bits per heavy atom. The Morgan fingerprint density at radius 2 is 1.83 bits per heavy atom. The molecule has 0 radical (unpaired) electrons. The maximum atomic E-state index is 8.58. The summed E-state index contributed by atoms with van der Waals surface area (Å²) in [4.78, 5) is 10.8. The van der Waals surface area contributed by atoms with Crippen molar-refractivity contribution in [1.29, 1.82) is 0 Å². The minimum absolute atomic E-state index is 0.0314. The summed E-state index contributed by atoms with van der Waals surface area (Å²) in [6, 6.07) is 11.0. The summed E-state index contributed by atoms with van der Waals surface area (Å²) in [5.74, 6) is 0.626. The molecule has 0 saturated heterocycles. The van der Waals surface area contributed by atoms with E-state index >= 15 is 0 Å². The predicted octanol–water partition coefficient (Wildman–Crippen LogP) is 8.96. The Labute approximate surface area is 315 Å². The van der Waals surface area contributed by atoms with Gasteiger partial charge in [0.1, 0.15) is 6.04 Å². The van der Waals surface area contributed by atoms with Crippen molar-refractivity contribution >= 4 is 46.2 Å². The predicted molar refractivity (Wildman–Crippen MR) is 209 cm³/mol. The molecule has 2 N–H and O–H groups in total. The van der Waals surface area contributed by atoms with Crippen LogP contribution in [-0.2, 0) is 29.4 Å². The van der Waals surface area contributed by atoms with E-state index in [0.29, 0.717) is 12.5 Å². The lowest BCUT2D eigenvalue weighted by molar-refractivity contribution is -0.106. The molecule has 1 aliphatic carbocycles. The van der Waals surface area contributed by atoms with Gasteiger partial charge >= 0.3 is 0 Å². The molecule has 0 spiro atoms. The van der Waals surface area contributed by atoms with Crippen LogP contribution in [-0.4, -0.2) is 50.7 Å². The average molecular weight is 745 g/mol. The summed E-state index contributed by atoms with van der Waals surface area (Å²) in [7, 11) is 4.11. The second kappa shape index (κ2) is 15.3. The number of nitrogens with zero attached hydrogens (tertiary/aromatic N) is 6. The molecule has 2 atom stereocenters. The van der Waals surface area contributed by atoms with Crippen LogP contribution in [0, 0.1) is 13.8 Å². The minimum atomic E-state index is -0.0314. The molecule has 3 aromatic heterocycles. The fourth-order valence-electron chi connectivity index (χ4n) is 8.03. The zero-order valence-corrected chi connectivity index (χ0v) is 32.6. The molecule has 7 rings (SSSR count). The number of nitrogens with two attached hydrogens (primary N) is 1. The van der Waals surface area contributed by atoms with E-state index in [1.54, 1.807) is 0 Å². The molecular weight excluding hydrogens is 697 g/mol. The number of aromatic nitrogens is 5. The highest BCUT2D eigenvalue weighted by Gasteiger charge is 2.35. The normalized spacial score (nSPS) is 17.1. The topological polar surface area (TPSA) is 117 Å². The SMILES string of the molecule is CC1=CC(OCCCc2c(-c3cccc4c3CC(c3nnco3)N4C)n(C(C)C)c3c(-c4c(C)nn(C)c4C)c(Cl)ccc23)CC(C)=C1Cl.NC=O. The number of hydrogen-bond donors (Lipinski definition) is 1. The van der Waals surface area contributed by atoms with Gasteiger partial charge in [-0.3, -0.25) is 9.48 Å². The first kappa shape index (κ1) is 37.4. The Balaban J connectivity index is 0.00000150. The zero-order valence-electron chi connectivity index (χ0n) is 31.1. The first-order valence-corrected chi connectivity index (χ1v) is 18.4. The van der Waals surface area contributed by atoms with E-state index < -0.39 is 0 Å².